The third-order valence-corrected chi connectivity index (χ3v) is 3.43. The molecule has 1 rings (SSSR count). The normalized spacial score (nSPS) is 11.2. The van der Waals surface area contributed by atoms with Crippen LogP contribution in [0.15, 0.2) is 0 Å². The van der Waals surface area contributed by atoms with Gasteiger partial charge in [0.2, 0.25) is 0 Å². The first-order valence-electron chi connectivity index (χ1n) is 5.69. The number of hydrogen-bond donors (Lipinski definition) is 1. The molecule has 3 nitrogen and oxygen atoms in total. The minimum Gasteiger partial charge on any atom is -0.372 e. The van der Waals surface area contributed by atoms with Crippen LogP contribution in [0.3, 0.4) is 0 Å². The average Bonchev–Trinajstić information content (AvgIpc) is 2.20. The van der Waals surface area contributed by atoms with Crippen molar-refractivity contribution in [2.24, 2.45) is 5.92 Å². The first-order chi connectivity index (χ1) is 7.45. The molecule has 0 aromatic carbocycles. The van der Waals surface area contributed by atoms with Crippen LogP contribution in [-0.4, -0.2) is 17.0 Å². The van der Waals surface area contributed by atoms with E-state index in [1.807, 2.05) is 7.05 Å². The molecule has 0 aliphatic rings. The zero-order valence-corrected chi connectivity index (χ0v) is 12.8. The third kappa shape index (κ3) is 3.30. The van der Waals surface area contributed by atoms with E-state index in [1.54, 1.807) is 0 Å². The van der Waals surface area contributed by atoms with Crippen molar-refractivity contribution in [3.8, 4) is 0 Å². The molecule has 1 aromatic rings. The monoisotopic (exact) mass is 333 g/mol. The second kappa shape index (κ2) is 5.80. The van der Waals surface area contributed by atoms with E-state index in [0.29, 0.717) is 11.8 Å². The van der Waals surface area contributed by atoms with Crippen LogP contribution >= 0.6 is 22.6 Å². The maximum atomic E-state index is 4.66. The molecule has 4 heteroatoms. The highest BCUT2D eigenvalue weighted by molar-refractivity contribution is 14.1. The molecular weight excluding hydrogens is 313 g/mol. The second-order valence-corrected chi connectivity index (χ2v) is 5.77. The summed E-state index contributed by atoms with van der Waals surface area (Å²) in [4.78, 5) is 9.19. The number of anilines is 1. The van der Waals surface area contributed by atoms with Crippen molar-refractivity contribution in [2.45, 2.75) is 40.0 Å². The van der Waals surface area contributed by atoms with Gasteiger partial charge in [-0.05, 0) is 34.9 Å². The van der Waals surface area contributed by atoms with Gasteiger partial charge in [-0.25, -0.2) is 9.97 Å². The van der Waals surface area contributed by atoms with Gasteiger partial charge in [0.1, 0.15) is 11.6 Å². The van der Waals surface area contributed by atoms with Crippen molar-refractivity contribution in [3.05, 3.63) is 15.1 Å². The van der Waals surface area contributed by atoms with Crippen molar-refractivity contribution in [1.29, 1.82) is 0 Å². The molecule has 0 bridgehead atoms. The minimum absolute atomic E-state index is 0.370. The van der Waals surface area contributed by atoms with Crippen molar-refractivity contribution < 1.29 is 0 Å². The summed E-state index contributed by atoms with van der Waals surface area (Å²) in [7, 11) is 1.91. The Labute approximate surface area is 112 Å². The van der Waals surface area contributed by atoms with Crippen molar-refractivity contribution in [1.82, 2.24) is 9.97 Å². The number of hydrogen-bond acceptors (Lipinski definition) is 3. The molecule has 1 aromatic heterocycles. The molecule has 0 saturated carbocycles. The highest BCUT2D eigenvalue weighted by Gasteiger charge is 2.14. The quantitative estimate of drug-likeness (QED) is 0.858. The van der Waals surface area contributed by atoms with E-state index in [0.717, 1.165) is 21.6 Å². The lowest BCUT2D eigenvalue weighted by Gasteiger charge is -2.14. The van der Waals surface area contributed by atoms with E-state index in [1.165, 1.54) is 5.69 Å². The molecule has 0 fully saturated rings. The molecular formula is C12H20IN3. The lowest BCUT2D eigenvalue weighted by Crippen LogP contribution is -2.10. The van der Waals surface area contributed by atoms with E-state index in [9.17, 15) is 0 Å². The Bertz CT molecular complexity index is 362. The summed E-state index contributed by atoms with van der Waals surface area (Å²) >= 11 is 2.33. The van der Waals surface area contributed by atoms with Crippen LogP contribution in [0.1, 0.15) is 45.1 Å². The Hall–Kier alpha value is -0.390. The number of nitrogens with one attached hydrogen (secondary N) is 1. The standard InChI is InChI=1S/C12H20IN3/c1-7(2)6-9-10(13)12(14-5)16-11(15-9)8(3)4/h7-8H,6H2,1-5H3,(H,14,15,16). The molecule has 0 aliphatic heterocycles. The van der Waals surface area contributed by atoms with Crippen LogP contribution in [-0.2, 0) is 6.42 Å². The minimum atomic E-state index is 0.370. The van der Waals surface area contributed by atoms with Crippen LogP contribution in [0.4, 0.5) is 5.82 Å². The Kier molecular flexibility index (Phi) is 4.95. The zero-order chi connectivity index (χ0) is 12.3. The zero-order valence-electron chi connectivity index (χ0n) is 10.6. The predicted octanol–water partition coefficient (Wildman–Crippen LogP) is 3.44. The number of rotatable bonds is 4. The molecule has 90 valence electrons. The summed E-state index contributed by atoms with van der Waals surface area (Å²) < 4.78 is 1.15. The summed E-state index contributed by atoms with van der Waals surface area (Å²) in [5.41, 5.74) is 1.17. The Balaban J connectivity index is 3.19. The fourth-order valence-corrected chi connectivity index (χ4v) is 2.19. The van der Waals surface area contributed by atoms with Gasteiger partial charge in [-0.3, -0.25) is 0 Å². The molecule has 0 spiro atoms. The summed E-state index contributed by atoms with van der Waals surface area (Å²) in [6.07, 6.45) is 1.01. The van der Waals surface area contributed by atoms with Gasteiger partial charge in [-0.1, -0.05) is 27.7 Å². The Morgan fingerprint density at radius 1 is 1.19 bits per heavy atom. The van der Waals surface area contributed by atoms with Gasteiger partial charge in [-0.2, -0.15) is 0 Å². The van der Waals surface area contributed by atoms with E-state index in [2.05, 4.69) is 65.6 Å². The molecule has 0 saturated heterocycles. The molecule has 0 amide bonds. The van der Waals surface area contributed by atoms with Gasteiger partial charge in [0.25, 0.3) is 0 Å². The lowest BCUT2D eigenvalue weighted by molar-refractivity contribution is 0.623. The molecule has 0 radical (unpaired) electrons. The van der Waals surface area contributed by atoms with Gasteiger partial charge in [0.05, 0.1) is 9.26 Å². The van der Waals surface area contributed by atoms with Gasteiger partial charge in [-0.15, -0.1) is 0 Å². The highest BCUT2D eigenvalue weighted by Crippen LogP contribution is 2.23. The molecule has 1 N–H and O–H groups in total. The predicted molar refractivity (Wildman–Crippen MR) is 76.9 cm³/mol. The largest absolute Gasteiger partial charge is 0.372 e. The summed E-state index contributed by atoms with van der Waals surface area (Å²) in [6, 6.07) is 0. The first kappa shape index (κ1) is 13.7. The third-order valence-electron chi connectivity index (χ3n) is 2.29. The first-order valence-corrected chi connectivity index (χ1v) is 6.77. The summed E-state index contributed by atoms with van der Waals surface area (Å²) in [5, 5.41) is 3.15. The summed E-state index contributed by atoms with van der Waals surface area (Å²) in [6.45, 7) is 8.68. The van der Waals surface area contributed by atoms with E-state index in [4.69, 9.17) is 0 Å². The number of aromatic nitrogens is 2. The molecule has 0 aliphatic carbocycles. The molecule has 0 unspecified atom stereocenters. The summed E-state index contributed by atoms with van der Waals surface area (Å²) in [5.74, 6) is 2.87. The fourth-order valence-electron chi connectivity index (χ4n) is 1.46. The lowest BCUT2D eigenvalue weighted by atomic mass is 10.1. The SMILES string of the molecule is CNc1nc(C(C)C)nc(CC(C)C)c1I. The van der Waals surface area contributed by atoms with Gasteiger partial charge in [0, 0.05) is 13.0 Å². The second-order valence-electron chi connectivity index (χ2n) is 4.69. The fraction of sp³-hybridized carbons (Fsp3) is 0.667. The van der Waals surface area contributed by atoms with Crippen molar-refractivity contribution in [2.75, 3.05) is 12.4 Å². The van der Waals surface area contributed by atoms with Crippen LogP contribution in [0.25, 0.3) is 0 Å². The van der Waals surface area contributed by atoms with Crippen LogP contribution in [0.2, 0.25) is 0 Å². The molecule has 1 heterocycles. The Morgan fingerprint density at radius 3 is 2.25 bits per heavy atom. The van der Waals surface area contributed by atoms with Gasteiger partial charge < -0.3 is 5.32 Å². The maximum absolute atomic E-state index is 4.66. The van der Waals surface area contributed by atoms with E-state index in [-0.39, 0.29) is 0 Å². The maximum Gasteiger partial charge on any atom is 0.143 e. The number of halogens is 1. The Morgan fingerprint density at radius 2 is 1.81 bits per heavy atom. The van der Waals surface area contributed by atoms with Crippen LogP contribution in [0, 0.1) is 9.49 Å². The molecule has 16 heavy (non-hydrogen) atoms. The van der Waals surface area contributed by atoms with E-state index < -0.39 is 0 Å². The van der Waals surface area contributed by atoms with Crippen LogP contribution < -0.4 is 5.32 Å². The topological polar surface area (TPSA) is 37.8 Å². The number of nitrogens with zero attached hydrogens (tertiary/aromatic N) is 2. The highest BCUT2D eigenvalue weighted by atomic mass is 127. The van der Waals surface area contributed by atoms with Gasteiger partial charge >= 0.3 is 0 Å². The molecule has 0 atom stereocenters. The van der Waals surface area contributed by atoms with E-state index >= 15 is 0 Å². The van der Waals surface area contributed by atoms with Crippen LogP contribution in [0.5, 0.6) is 0 Å². The van der Waals surface area contributed by atoms with Gasteiger partial charge in [0.15, 0.2) is 0 Å². The smallest absolute Gasteiger partial charge is 0.143 e. The van der Waals surface area contributed by atoms with Crippen molar-refractivity contribution >= 4 is 28.4 Å². The van der Waals surface area contributed by atoms with Crippen molar-refractivity contribution in [3.63, 3.8) is 0 Å². The average molecular weight is 333 g/mol.